The lowest BCUT2D eigenvalue weighted by molar-refractivity contribution is 0.542. The van der Waals surface area contributed by atoms with Gasteiger partial charge >= 0.3 is 0 Å². The maximum Gasteiger partial charge on any atom is 0.186 e. The molecule has 1 aromatic heterocycles. The maximum atomic E-state index is 9.23. The highest BCUT2D eigenvalue weighted by Crippen LogP contribution is 2.25. The number of nitrogens with zero attached hydrogens (tertiary/aromatic N) is 4. The summed E-state index contributed by atoms with van der Waals surface area (Å²) in [5.74, 6) is 0.337. The van der Waals surface area contributed by atoms with Crippen LogP contribution in [0.3, 0.4) is 0 Å². The van der Waals surface area contributed by atoms with Gasteiger partial charge in [0.2, 0.25) is 0 Å². The van der Waals surface area contributed by atoms with Crippen molar-refractivity contribution in [1.29, 1.82) is 5.26 Å². The standard InChI is InChI=1S/C16H20N4/c1-4-13(5-2)16-15(10-17)18-19-20(16)11-14-9-7-6-8-12(14)3/h6-9,13H,4-5,11H2,1-3H3. The van der Waals surface area contributed by atoms with E-state index in [1.54, 1.807) is 0 Å². The van der Waals surface area contributed by atoms with Crippen LogP contribution in [0.15, 0.2) is 24.3 Å². The van der Waals surface area contributed by atoms with Crippen molar-refractivity contribution in [2.75, 3.05) is 0 Å². The first-order chi connectivity index (χ1) is 9.71. The molecule has 20 heavy (non-hydrogen) atoms. The first-order valence-corrected chi connectivity index (χ1v) is 7.09. The minimum Gasteiger partial charge on any atom is -0.243 e. The largest absolute Gasteiger partial charge is 0.243 e. The zero-order chi connectivity index (χ0) is 14.5. The van der Waals surface area contributed by atoms with Gasteiger partial charge in [-0.2, -0.15) is 5.26 Å². The van der Waals surface area contributed by atoms with E-state index >= 15 is 0 Å². The van der Waals surface area contributed by atoms with E-state index in [9.17, 15) is 5.26 Å². The van der Waals surface area contributed by atoms with Gasteiger partial charge in [0.25, 0.3) is 0 Å². The Hall–Kier alpha value is -2.15. The number of hydrogen-bond donors (Lipinski definition) is 0. The van der Waals surface area contributed by atoms with Gasteiger partial charge in [0.1, 0.15) is 6.07 Å². The molecular weight excluding hydrogens is 248 g/mol. The van der Waals surface area contributed by atoms with Crippen LogP contribution in [0.5, 0.6) is 0 Å². The molecule has 0 N–H and O–H groups in total. The average molecular weight is 268 g/mol. The van der Waals surface area contributed by atoms with Gasteiger partial charge in [-0.3, -0.25) is 0 Å². The van der Waals surface area contributed by atoms with Gasteiger partial charge in [0.15, 0.2) is 5.69 Å². The molecule has 1 aromatic carbocycles. The summed E-state index contributed by atoms with van der Waals surface area (Å²) in [6.45, 7) is 7.04. The number of aryl methyl sites for hydroxylation is 1. The highest BCUT2D eigenvalue weighted by atomic mass is 15.4. The molecule has 0 aliphatic heterocycles. The van der Waals surface area contributed by atoms with Gasteiger partial charge in [-0.25, -0.2) is 4.68 Å². The molecular formula is C16H20N4. The molecule has 0 aliphatic carbocycles. The Morgan fingerprint density at radius 2 is 1.95 bits per heavy atom. The third kappa shape index (κ3) is 2.72. The molecule has 0 amide bonds. The van der Waals surface area contributed by atoms with Gasteiger partial charge in [-0.05, 0) is 30.9 Å². The quantitative estimate of drug-likeness (QED) is 0.835. The van der Waals surface area contributed by atoms with Crippen molar-refractivity contribution in [2.24, 2.45) is 0 Å². The predicted octanol–water partition coefficient (Wildman–Crippen LogP) is 3.41. The van der Waals surface area contributed by atoms with Gasteiger partial charge in [-0.1, -0.05) is 43.3 Å². The fourth-order valence-corrected chi connectivity index (χ4v) is 2.55. The second-order valence-corrected chi connectivity index (χ2v) is 5.03. The summed E-state index contributed by atoms with van der Waals surface area (Å²) in [7, 11) is 0. The van der Waals surface area contributed by atoms with E-state index in [-0.39, 0.29) is 0 Å². The van der Waals surface area contributed by atoms with Crippen LogP contribution in [-0.4, -0.2) is 15.0 Å². The van der Waals surface area contributed by atoms with E-state index in [0.29, 0.717) is 18.2 Å². The third-order valence-electron chi connectivity index (χ3n) is 3.83. The molecule has 0 atom stereocenters. The zero-order valence-electron chi connectivity index (χ0n) is 12.3. The molecule has 2 aromatic rings. The van der Waals surface area contributed by atoms with Crippen molar-refractivity contribution in [3.05, 3.63) is 46.8 Å². The fraction of sp³-hybridized carbons (Fsp3) is 0.438. The summed E-state index contributed by atoms with van der Waals surface area (Å²) < 4.78 is 1.89. The van der Waals surface area contributed by atoms with Crippen molar-refractivity contribution in [2.45, 2.75) is 46.1 Å². The smallest absolute Gasteiger partial charge is 0.186 e. The third-order valence-corrected chi connectivity index (χ3v) is 3.83. The highest BCUT2D eigenvalue weighted by molar-refractivity contribution is 5.30. The van der Waals surface area contributed by atoms with Crippen LogP contribution in [0.1, 0.15) is 55.1 Å². The molecule has 0 fully saturated rings. The second-order valence-electron chi connectivity index (χ2n) is 5.03. The zero-order valence-corrected chi connectivity index (χ0v) is 12.3. The van der Waals surface area contributed by atoms with Gasteiger partial charge in [0.05, 0.1) is 12.2 Å². The van der Waals surface area contributed by atoms with Crippen LogP contribution in [0.2, 0.25) is 0 Å². The number of aromatic nitrogens is 3. The lowest BCUT2D eigenvalue weighted by Crippen LogP contribution is -2.11. The predicted molar refractivity (Wildman–Crippen MR) is 78.3 cm³/mol. The summed E-state index contributed by atoms with van der Waals surface area (Å²) in [4.78, 5) is 0. The SMILES string of the molecule is CCC(CC)c1c(C#N)nnn1Cc1ccccc1C. The van der Waals surface area contributed by atoms with E-state index in [0.717, 1.165) is 18.5 Å². The van der Waals surface area contributed by atoms with Crippen molar-refractivity contribution >= 4 is 0 Å². The Kier molecular flexibility index (Phi) is 4.52. The molecule has 0 spiro atoms. The average Bonchev–Trinajstić information content (AvgIpc) is 2.86. The van der Waals surface area contributed by atoms with E-state index < -0.39 is 0 Å². The monoisotopic (exact) mass is 268 g/mol. The van der Waals surface area contributed by atoms with E-state index in [1.807, 2.05) is 16.8 Å². The Bertz CT molecular complexity index is 618. The number of nitriles is 1. The van der Waals surface area contributed by atoms with Crippen LogP contribution in [0.25, 0.3) is 0 Å². The molecule has 1 heterocycles. The molecule has 2 rings (SSSR count). The van der Waals surface area contributed by atoms with Crippen LogP contribution in [0, 0.1) is 18.3 Å². The van der Waals surface area contributed by atoms with Crippen LogP contribution < -0.4 is 0 Å². The molecule has 0 unspecified atom stereocenters. The summed E-state index contributed by atoms with van der Waals surface area (Å²) in [5.41, 5.74) is 3.89. The molecule has 0 bridgehead atoms. The first-order valence-electron chi connectivity index (χ1n) is 7.09. The van der Waals surface area contributed by atoms with Crippen molar-refractivity contribution in [3.63, 3.8) is 0 Å². The lowest BCUT2D eigenvalue weighted by atomic mass is 9.97. The summed E-state index contributed by atoms with van der Waals surface area (Å²) in [6, 6.07) is 10.4. The fourth-order valence-electron chi connectivity index (χ4n) is 2.55. The Balaban J connectivity index is 2.40. The second kappa shape index (κ2) is 6.33. The Labute approximate surface area is 120 Å². The van der Waals surface area contributed by atoms with E-state index in [1.165, 1.54) is 11.1 Å². The molecule has 104 valence electrons. The van der Waals surface area contributed by atoms with Gasteiger partial charge in [0, 0.05) is 5.92 Å². The first kappa shape index (κ1) is 14.3. The Morgan fingerprint density at radius 1 is 1.25 bits per heavy atom. The van der Waals surface area contributed by atoms with Gasteiger partial charge < -0.3 is 0 Å². The molecule has 4 heteroatoms. The normalized spacial score (nSPS) is 10.8. The molecule has 4 nitrogen and oxygen atoms in total. The van der Waals surface area contributed by atoms with Crippen LogP contribution >= 0.6 is 0 Å². The number of rotatable bonds is 5. The molecule has 0 aliphatic rings. The molecule has 0 saturated heterocycles. The lowest BCUT2D eigenvalue weighted by Gasteiger charge is -2.15. The highest BCUT2D eigenvalue weighted by Gasteiger charge is 2.20. The topological polar surface area (TPSA) is 54.5 Å². The van der Waals surface area contributed by atoms with E-state index in [2.05, 4.69) is 49.3 Å². The molecule has 0 saturated carbocycles. The summed E-state index contributed by atoms with van der Waals surface area (Å²) >= 11 is 0. The minimum atomic E-state index is 0.337. The van der Waals surface area contributed by atoms with Gasteiger partial charge in [-0.15, -0.1) is 5.10 Å². The van der Waals surface area contributed by atoms with Crippen molar-refractivity contribution < 1.29 is 0 Å². The van der Waals surface area contributed by atoms with Crippen molar-refractivity contribution in [1.82, 2.24) is 15.0 Å². The number of hydrogen-bond acceptors (Lipinski definition) is 3. The van der Waals surface area contributed by atoms with Crippen LogP contribution in [0.4, 0.5) is 0 Å². The summed E-state index contributed by atoms with van der Waals surface area (Å²) in [5, 5.41) is 17.4. The van der Waals surface area contributed by atoms with Crippen LogP contribution in [-0.2, 0) is 6.54 Å². The maximum absolute atomic E-state index is 9.23. The molecule has 0 radical (unpaired) electrons. The number of benzene rings is 1. The van der Waals surface area contributed by atoms with Crippen molar-refractivity contribution in [3.8, 4) is 6.07 Å². The minimum absolute atomic E-state index is 0.337. The summed E-state index contributed by atoms with van der Waals surface area (Å²) in [6.07, 6.45) is 1.98. The van der Waals surface area contributed by atoms with E-state index in [4.69, 9.17) is 0 Å². The Morgan fingerprint density at radius 3 is 2.55 bits per heavy atom.